The topological polar surface area (TPSA) is 88.0 Å². The van der Waals surface area contributed by atoms with E-state index in [0.717, 1.165) is 54.5 Å². The summed E-state index contributed by atoms with van der Waals surface area (Å²) in [6, 6.07) is 2.62. The van der Waals surface area contributed by atoms with E-state index in [4.69, 9.17) is 0 Å². The van der Waals surface area contributed by atoms with Gasteiger partial charge in [-0.3, -0.25) is 9.48 Å². The number of rotatable bonds is 8. The van der Waals surface area contributed by atoms with E-state index in [2.05, 4.69) is 36.7 Å². The molecule has 2 N–H and O–H groups in total. The quantitative estimate of drug-likeness (QED) is 0.675. The summed E-state index contributed by atoms with van der Waals surface area (Å²) in [6.07, 6.45) is 7.86. The highest BCUT2D eigenvalue weighted by atomic mass is 16.1. The Balaban J connectivity index is 1.28. The Labute approximate surface area is 184 Å². The number of amides is 1. The molecule has 168 valence electrons. The average molecular weight is 426 g/mol. The van der Waals surface area contributed by atoms with Gasteiger partial charge in [0.1, 0.15) is 18.0 Å². The van der Waals surface area contributed by atoms with Gasteiger partial charge in [0.2, 0.25) is 5.91 Å². The molecule has 0 radical (unpaired) electrons. The number of carbonyl (C=O) groups is 1. The Morgan fingerprint density at radius 3 is 2.77 bits per heavy atom. The summed E-state index contributed by atoms with van der Waals surface area (Å²) in [5.41, 5.74) is 3.21. The summed E-state index contributed by atoms with van der Waals surface area (Å²) in [5, 5.41) is 11.1. The predicted octanol–water partition coefficient (Wildman–Crippen LogP) is 3.28. The maximum atomic E-state index is 12.6. The van der Waals surface area contributed by atoms with E-state index in [0.29, 0.717) is 18.4 Å². The number of anilines is 2. The fourth-order valence-corrected chi connectivity index (χ4v) is 4.68. The minimum atomic E-state index is -0.0255. The molecule has 2 aliphatic rings. The maximum absolute atomic E-state index is 12.6. The molecular weight excluding hydrogens is 390 g/mol. The van der Waals surface area contributed by atoms with Crippen LogP contribution in [0.2, 0.25) is 0 Å². The van der Waals surface area contributed by atoms with Crippen LogP contribution < -0.4 is 15.5 Å². The molecule has 1 saturated carbocycles. The zero-order valence-corrected chi connectivity index (χ0v) is 19.2. The van der Waals surface area contributed by atoms with Crippen LogP contribution in [0, 0.1) is 19.8 Å². The van der Waals surface area contributed by atoms with Gasteiger partial charge >= 0.3 is 0 Å². The van der Waals surface area contributed by atoms with Crippen molar-refractivity contribution in [2.45, 2.75) is 71.4 Å². The summed E-state index contributed by atoms with van der Waals surface area (Å²) in [5.74, 6) is 2.53. The highest BCUT2D eigenvalue weighted by Gasteiger charge is 2.25. The first-order valence-corrected chi connectivity index (χ1v) is 11.5. The van der Waals surface area contributed by atoms with E-state index in [-0.39, 0.29) is 11.9 Å². The van der Waals surface area contributed by atoms with Crippen molar-refractivity contribution in [3.63, 3.8) is 0 Å². The molecule has 1 aliphatic carbocycles. The van der Waals surface area contributed by atoms with Gasteiger partial charge in [-0.15, -0.1) is 0 Å². The van der Waals surface area contributed by atoms with Gasteiger partial charge in [-0.2, -0.15) is 5.10 Å². The summed E-state index contributed by atoms with van der Waals surface area (Å²) < 4.78 is 1.88. The van der Waals surface area contributed by atoms with Crippen LogP contribution in [0.25, 0.3) is 0 Å². The van der Waals surface area contributed by atoms with E-state index in [1.807, 2.05) is 32.5 Å². The molecule has 8 heteroatoms. The highest BCUT2D eigenvalue weighted by molar-refractivity contribution is 5.76. The first-order chi connectivity index (χ1) is 14.9. The Morgan fingerprint density at radius 1 is 1.26 bits per heavy atom. The SMILES string of the molecule is Cc1nn(C)c(C)c1[C@@H](C)NC(=O)CC[C@@H]1CCCN(c2cc(NC3CC3)ncn2)C1. The molecule has 2 atom stereocenters. The number of carbonyl (C=O) groups excluding carboxylic acids is 1. The molecular formula is C23H35N7O. The number of aromatic nitrogens is 4. The van der Waals surface area contributed by atoms with Crippen molar-refractivity contribution in [3.8, 4) is 0 Å². The van der Waals surface area contributed by atoms with Crippen LogP contribution in [-0.2, 0) is 11.8 Å². The molecule has 31 heavy (non-hydrogen) atoms. The minimum Gasteiger partial charge on any atom is -0.367 e. The molecule has 0 spiro atoms. The molecule has 3 heterocycles. The van der Waals surface area contributed by atoms with Gasteiger partial charge in [0.15, 0.2) is 0 Å². The van der Waals surface area contributed by atoms with Crippen molar-refractivity contribution in [3.05, 3.63) is 29.3 Å². The Kier molecular flexibility index (Phi) is 6.43. The molecule has 0 bridgehead atoms. The molecule has 1 saturated heterocycles. The second-order valence-electron chi connectivity index (χ2n) is 9.17. The van der Waals surface area contributed by atoms with Crippen molar-refractivity contribution in [2.24, 2.45) is 13.0 Å². The molecule has 8 nitrogen and oxygen atoms in total. The molecule has 0 aromatic carbocycles. The molecule has 4 rings (SSSR count). The monoisotopic (exact) mass is 425 g/mol. The fraction of sp³-hybridized carbons (Fsp3) is 0.652. The van der Waals surface area contributed by atoms with Gasteiger partial charge in [0.05, 0.1) is 11.7 Å². The Hall–Kier alpha value is -2.64. The lowest BCUT2D eigenvalue weighted by Crippen LogP contribution is -2.36. The van der Waals surface area contributed by atoms with Gasteiger partial charge in [-0.25, -0.2) is 9.97 Å². The zero-order valence-electron chi connectivity index (χ0n) is 19.2. The van der Waals surface area contributed by atoms with Crippen molar-refractivity contribution < 1.29 is 4.79 Å². The minimum absolute atomic E-state index is 0.0255. The van der Waals surface area contributed by atoms with Crippen LogP contribution >= 0.6 is 0 Å². The molecule has 2 fully saturated rings. The third kappa shape index (κ3) is 5.35. The van der Waals surface area contributed by atoms with Gasteiger partial charge in [-0.05, 0) is 58.8 Å². The normalized spacial score (nSPS) is 19.9. The highest BCUT2D eigenvalue weighted by Crippen LogP contribution is 2.28. The summed E-state index contributed by atoms with van der Waals surface area (Å²) in [6.45, 7) is 8.05. The van der Waals surface area contributed by atoms with Gasteiger partial charge in [0, 0.05) is 49.9 Å². The number of aryl methyl sites for hydroxylation is 2. The maximum Gasteiger partial charge on any atom is 0.220 e. The number of piperidine rings is 1. The van der Waals surface area contributed by atoms with Crippen molar-refractivity contribution in [1.82, 2.24) is 25.1 Å². The first-order valence-electron chi connectivity index (χ1n) is 11.5. The third-order valence-corrected chi connectivity index (χ3v) is 6.58. The van der Waals surface area contributed by atoms with Gasteiger partial charge in [-0.1, -0.05) is 0 Å². The van der Waals surface area contributed by atoms with Crippen LogP contribution in [0.5, 0.6) is 0 Å². The van der Waals surface area contributed by atoms with E-state index in [1.54, 1.807) is 6.33 Å². The van der Waals surface area contributed by atoms with Crippen molar-refractivity contribution in [1.29, 1.82) is 0 Å². The lowest BCUT2D eigenvalue weighted by Gasteiger charge is -2.33. The Bertz CT molecular complexity index is 921. The Morgan fingerprint density at radius 2 is 2.06 bits per heavy atom. The van der Waals surface area contributed by atoms with Crippen LogP contribution in [0.15, 0.2) is 12.4 Å². The second kappa shape index (κ2) is 9.24. The number of hydrogen-bond acceptors (Lipinski definition) is 6. The van der Waals surface area contributed by atoms with Gasteiger partial charge in [0.25, 0.3) is 0 Å². The van der Waals surface area contributed by atoms with E-state index in [1.165, 1.54) is 19.3 Å². The summed E-state index contributed by atoms with van der Waals surface area (Å²) >= 11 is 0. The van der Waals surface area contributed by atoms with Crippen LogP contribution in [0.3, 0.4) is 0 Å². The number of hydrogen-bond donors (Lipinski definition) is 2. The van der Waals surface area contributed by atoms with Gasteiger partial charge < -0.3 is 15.5 Å². The number of nitrogens with zero attached hydrogens (tertiary/aromatic N) is 5. The largest absolute Gasteiger partial charge is 0.367 e. The first kappa shape index (κ1) is 21.6. The summed E-state index contributed by atoms with van der Waals surface area (Å²) in [4.78, 5) is 23.8. The fourth-order valence-electron chi connectivity index (χ4n) is 4.68. The van der Waals surface area contributed by atoms with Crippen molar-refractivity contribution in [2.75, 3.05) is 23.3 Å². The zero-order chi connectivity index (χ0) is 22.0. The van der Waals surface area contributed by atoms with Crippen LogP contribution in [0.4, 0.5) is 11.6 Å². The smallest absolute Gasteiger partial charge is 0.220 e. The molecule has 2 aromatic heterocycles. The summed E-state index contributed by atoms with van der Waals surface area (Å²) in [7, 11) is 1.94. The second-order valence-corrected chi connectivity index (χ2v) is 9.17. The number of nitrogens with one attached hydrogen (secondary N) is 2. The third-order valence-electron chi connectivity index (χ3n) is 6.58. The standard InChI is InChI=1S/C23H35N7O/c1-15(23-16(2)28-29(4)17(23)3)26-22(31)10-7-18-6-5-11-30(13-18)21-12-20(24-14-25-21)27-19-8-9-19/h12,14-15,18-19H,5-11,13H2,1-4H3,(H,26,31)(H,24,25,27)/t15-,18+/m1/s1. The van der Waals surface area contributed by atoms with Crippen LogP contribution in [0.1, 0.15) is 68.4 Å². The molecule has 1 amide bonds. The lowest BCUT2D eigenvalue weighted by molar-refractivity contribution is -0.122. The lowest BCUT2D eigenvalue weighted by atomic mass is 9.93. The molecule has 0 unspecified atom stereocenters. The van der Waals surface area contributed by atoms with E-state index in [9.17, 15) is 4.79 Å². The van der Waals surface area contributed by atoms with E-state index < -0.39 is 0 Å². The average Bonchev–Trinajstić information content (AvgIpc) is 3.52. The predicted molar refractivity (Wildman–Crippen MR) is 122 cm³/mol. The molecule has 1 aliphatic heterocycles. The van der Waals surface area contributed by atoms with Crippen LogP contribution in [-0.4, -0.2) is 44.8 Å². The van der Waals surface area contributed by atoms with Crippen molar-refractivity contribution >= 4 is 17.5 Å². The molecule has 2 aromatic rings. The van der Waals surface area contributed by atoms with E-state index >= 15 is 0 Å².